The number of nitriles is 1. The van der Waals surface area contributed by atoms with Crippen molar-refractivity contribution in [3.8, 4) is 23.3 Å². The summed E-state index contributed by atoms with van der Waals surface area (Å²) in [5.41, 5.74) is 1.26. The highest BCUT2D eigenvalue weighted by atomic mass is 16.5. The Labute approximate surface area is 150 Å². The summed E-state index contributed by atoms with van der Waals surface area (Å²) in [5, 5.41) is 19.4. The zero-order valence-corrected chi connectivity index (χ0v) is 14.9. The van der Waals surface area contributed by atoms with Crippen LogP contribution in [-0.2, 0) is 0 Å². The Morgan fingerprint density at radius 3 is 2.50 bits per heavy atom. The van der Waals surface area contributed by atoms with Gasteiger partial charge >= 0.3 is 0 Å². The number of fused-ring (bicyclic) bond motifs is 1. The predicted molar refractivity (Wildman–Crippen MR) is 99.0 cm³/mol. The lowest BCUT2D eigenvalue weighted by atomic mass is 10.1. The maximum atomic E-state index is 13.2. The van der Waals surface area contributed by atoms with E-state index in [2.05, 4.69) is 11.1 Å². The molecule has 3 rings (SSSR count). The van der Waals surface area contributed by atoms with Crippen molar-refractivity contribution in [2.24, 2.45) is 0 Å². The van der Waals surface area contributed by atoms with Crippen LogP contribution in [0.2, 0.25) is 0 Å². The van der Waals surface area contributed by atoms with Crippen LogP contribution in [-0.4, -0.2) is 21.3 Å². The van der Waals surface area contributed by atoms with Crippen molar-refractivity contribution in [1.29, 1.82) is 5.26 Å². The minimum Gasteiger partial charge on any atom is -0.504 e. The molecule has 0 aliphatic rings. The number of aromatic hydroxyl groups is 1. The Balaban J connectivity index is 2.38. The first-order valence-electron chi connectivity index (χ1n) is 8.39. The van der Waals surface area contributed by atoms with Gasteiger partial charge in [-0.1, -0.05) is 13.8 Å². The molecule has 6 heteroatoms. The fraction of sp³-hybridized carbons (Fsp3) is 0.250. The van der Waals surface area contributed by atoms with Gasteiger partial charge in [-0.05, 0) is 43.3 Å². The molecule has 0 saturated carbocycles. The molecule has 0 aliphatic carbocycles. The summed E-state index contributed by atoms with van der Waals surface area (Å²) in [6, 6.07) is 11.8. The summed E-state index contributed by atoms with van der Waals surface area (Å²) < 4.78 is 7.06. The van der Waals surface area contributed by atoms with Crippen LogP contribution >= 0.6 is 0 Å². The Morgan fingerprint density at radius 2 is 1.92 bits per heavy atom. The second-order valence-corrected chi connectivity index (χ2v) is 6.17. The van der Waals surface area contributed by atoms with Gasteiger partial charge in [-0.25, -0.2) is 4.98 Å². The Morgan fingerprint density at radius 1 is 1.23 bits per heavy atom. The van der Waals surface area contributed by atoms with Crippen LogP contribution in [0.4, 0.5) is 0 Å². The lowest BCUT2D eigenvalue weighted by molar-refractivity contribution is 0.321. The zero-order valence-electron chi connectivity index (χ0n) is 14.9. The van der Waals surface area contributed by atoms with E-state index in [9.17, 15) is 9.90 Å². The molecule has 0 fully saturated rings. The van der Waals surface area contributed by atoms with Crippen molar-refractivity contribution in [1.82, 2.24) is 9.55 Å². The first kappa shape index (κ1) is 17.5. The van der Waals surface area contributed by atoms with Gasteiger partial charge in [0.2, 0.25) is 0 Å². The molecule has 26 heavy (non-hydrogen) atoms. The second-order valence-electron chi connectivity index (χ2n) is 6.17. The number of ether oxygens (including phenoxy) is 1. The number of phenols is 1. The van der Waals surface area contributed by atoms with Gasteiger partial charge in [-0.15, -0.1) is 0 Å². The predicted octanol–water partition coefficient (Wildman–Crippen LogP) is 3.49. The lowest BCUT2D eigenvalue weighted by Crippen LogP contribution is -2.25. The molecule has 6 nitrogen and oxygen atoms in total. The minimum atomic E-state index is -0.246. The van der Waals surface area contributed by atoms with Crippen molar-refractivity contribution >= 4 is 10.9 Å². The van der Waals surface area contributed by atoms with Crippen LogP contribution in [0.1, 0.15) is 38.1 Å². The molecule has 3 aromatic rings. The molecular weight excluding hydrogens is 330 g/mol. The van der Waals surface area contributed by atoms with Crippen molar-refractivity contribution in [2.45, 2.75) is 26.7 Å². The molecule has 0 saturated heterocycles. The van der Waals surface area contributed by atoms with Crippen LogP contribution < -0.4 is 10.3 Å². The minimum absolute atomic E-state index is 0.0421. The van der Waals surface area contributed by atoms with E-state index < -0.39 is 0 Å². The monoisotopic (exact) mass is 349 g/mol. The normalized spacial score (nSPS) is 10.9. The van der Waals surface area contributed by atoms with E-state index in [1.165, 1.54) is 6.07 Å². The van der Waals surface area contributed by atoms with Gasteiger partial charge in [0.15, 0.2) is 11.5 Å². The highest BCUT2D eigenvalue weighted by molar-refractivity contribution is 5.86. The number of aromatic nitrogens is 2. The van der Waals surface area contributed by atoms with Gasteiger partial charge in [0, 0.05) is 5.92 Å². The standard InChI is InChI=1S/C20H19N3O3/c1-4-26-18-16(24)10-9-15-17(18)22-19(12(2)3)23(20(15)25)14-7-5-13(11-21)6-8-14/h5-10,12,24H,4H2,1-3H3. The topological polar surface area (TPSA) is 88.1 Å². The highest BCUT2D eigenvalue weighted by Gasteiger charge is 2.19. The molecule has 1 N–H and O–H groups in total. The highest BCUT2D eigenvalue weighted by Crippen LogP contribution is 2.33. The van der Waals surface area contributed by atoms with E-state index in [1.54, 1.807) is 41.8 Å². The van der Waals surface area contributed by atoms with Crippen LogP contribution in [0.25, 0.3) is 16.6 Å². The molecule has 0 amide bonds. The summed E-state index contributed by atoms with van der Waals surface area (Å²) >= 11 is 0. The molecule has 0 atom stereocenters. The zero-order chi connectivity index (χ0) is 18.8. The van der Waals surface area contributed by atoms with Crippen LogP contribution in [0.15, 0.2) is 41.2 Å². The van der Waals surface area contributed by atoms with Crippen molar-refractivity contribution in [3.05, 3.63) is 58.1 Å². The molecule has 1 heterocycles. The number of phenolic OH excluding ortho intramolecular Hbond substituents is 1. The first-order valence-corrected chi connectivity index (χ1v) is 8.39. The Kier molecular flexibility index (Phi) is 4.63. The summed E-state index contributed by atoms with van der Waals surface area (Å²) in [6.45, 7) is 6.04. The number of hydrogen-bond donors (Lipinski definition) is 1. The fourth-order valence-electron chi connectivity index (χ4n) is 2.84. The van der Waals surface area contributed by atoms with Crippen molar-refractivity contribution in [2.75, 3.05) is 6.61 Å². The average Bonchev–Trinajstić information content (AvgIpc) is 2.64. The lowest BCUT2D eigenvalue weighted by Gasteiger charge is -2.17. The van der Waals surface area contributed by atoms with Gasteiger partial charge < -0.3 is 9.84 Å². The molecule has 0 bridgehead atoms. The number of nitrogens with zero attached hydrogens (tertiary/aromatic N) is 3. The van der Waals surface area contributed by atoms with Crippen LogP contribution in [0.3, 0.4) is 0 Å². The molecule has 0 aliphatic heterocycles. The van der Waals surface area contributed by atoms with E-state index in [1.807, 2.05) is 13.8 Å². The number of hydrogen-bond acceptors (Lipinski definition) is 5. The number of rotatable bonds is 4. The van der Waals surface area contributed by atoms with Gasteiger partial charge in [0.05, 0.1) is 29.3 Å². The summed E-state index contributed by atoms with van der Waals surface area (Å²) in [5.74, 6) is 0.686. The van der Waals surface area contributed by atoms with Crippen LogP contribution in [0.5, 0.6) is 11.5 Å². The first-order chi connectivity index (χ1) is 12.5. The Hall–Kier alpha value is -3.33. The third-order valence-electron chi connectivity index (χ3n) is 4.06. The fourth-order valence-corrected chi connectivity index (χ4v) is 2.84. The smallest absolute Gasteiger partial charge is 0.266 e. The third kappa shape index (κ3) is 2.88. The van der Waals surface area contributed by atoms with Crippen molar-refractivity contribution in [3.63, 3.8) is 0 Å². The quantitative estimate of drug-likeness (QED) is 0.779. The largest absolute Gasteiger partial charge is 0.504 e. The van der Waals surface area contributed by atoms with E-state index in [0.717, 1.165) is 0 Å². The third-order valence-corrected chi connectivity index (χ3v) is 4.06. The summed E-state index contributed by atoms with van der Waals surface area (Å²) in [4.78, 5) is 17.8. The van der Waals surface area contributed by atoms with Gasteiger partial charge in [0.1, 0.15) is 11.3 Å². The molecule has 0 radical (unpaired) electrons. The van der Waals surface area contributed by atoms with E-state index >= 15 is 0 Å². The average molecular weight is 349 g/mol. The molecule has 1 aromatic heterocycles. The van der Waals surface area contributed by atoms with E-state index in [-0.39, 0.29) is 23.0 Å². The van der Waals surface area contributed by atoms with Gasteiger partial charge in [-0.3, -0.25) is 9.36 Å². The molecule has 0 unspecified atom stereocenters. The molecule has 132 valence electrons. The summed E-state index contributed by atoms with van der Waals surface area (Å²) in [6.07, 6.45) is 0. The molecule has 0 spiro atoms. The van der Waals surface area contributed by atoms with Crippen molar-refractivity contribution < 1.29 is 9.84 Å². The SMILES string of the molecule is CCOc1c(O)ccc2c(=O)n(-c3ccc(C#N)cc3)c(C(C)C)nc12. The molecule has 2 aromatic carbocycles. The Bertz CT molecular complexity index is 1060. The maximum Gasteiger partial charge on any atom is 0.266 e. The molecular formula is C20H19N3O3. The van der Waals surface area contributed by atoms with E-state index in [0.29, 0.717) is 34.6 Å². The number of benzene rings is 2. The van der Waals surface area contributed by atoms with Crippen LogP contribution in [0, 0.1) is 11.3 Å². The second kappa shape index (κ2) is 6.89. The van der Waals surface area contributed by atoms with Gasteiger partial charge in [-0.2, -0.15) is 5.26 Å². The maximum absolute atomic E-state index is 13.2. The van der Waals surface area contributed by atoms with E-state index in [4.69, 9.17) is 10.00 Å². The summed E-state index contributed by atoms with van der Waals surface area (Å²) in [7, 11) is 0. The van der Waals surface area contributed by atoms with Gasteiger partial charge in [0.25, 0.3) is 5.56 Å².